The molecule has 0 fully saturated rings. The number of rotatable bonds is 6. The summed E-state index contributed by atoms with van der Waals surface area (Å²) in [7, 11) is 1.57. The Hall–Kier alpha value is -2.89. The number of ether oxygens (including phenoxy) is 2. The molecule has 0 atom stereocenters. The lowest BCUT2D eigenvalue weighted by molar-refractivity contribution is -0.124. The molecule has 0 spiro atoms. The molecule has 0 unspecified atom stereocenters. The molecule has 1 amide bonds. The molecule has 1 aromatic carbocycles. The number of hydrogen-bond acceptors (Lipinski definition) is 5. The third-order valence-electron chi connectivity index (χ3n) is 3.15. The van der Waals surface area contributed by atoms with Crippen LogP contribution in [0, 0.1) is 6.92 Å². The number of pyridine rings is 1. The summed E-state index contributed by atoms with van der Waals surface area (Å²) in [5, 5.41) is 2.68. The number of carbonyl (C=O) groups is 2. The molecule has 0 aliphatic carbocycles. The van der Waals surface area contributed by atoms with E-state index in [0.29, 0.717) is 17.9 Å². The van der Waals surface area contributed by atoms with Gasteiger partial charge in [0, 0.05) is 24.0 Å². The van der Waals surface area contributed by atoms with Crippen molar-refractivity contribution >= 4 is 11.9 Å². The third kappa shape index (κ3) is 4.81. The largest absolute Gasteiger partial charge is 0.496 e. The van der Waals surface area contributed by atoms with Crippen molar-refractivity contribution in [3.63, 3.8) is 0 Å². The second-order valence-electron chi connectivity index (χ2n) is 4.85. The van der Waals surface area contributed by atoms with E-state index in [1.54, 1.807) is 19.2 Å². The van der Waals surface area contributed by atoms with E-state index in [-0.39, 0.29) is 12.5 Å². The summed E-state index contributed by atoms with van der Waals surface area (Å²) in [6, 6.07) is 10.7. The molecule has 120 valence electrons. The van der Waals surface area contributed by atoms with Crippen LogP contribution in [0.3, 0.4) is 0 Å². The summed E-state index contributed by atoms with van der Waals surface area (Å²) < 4.78 is 10.2. The maximum absolute atomic E-state index is 11.8. The zero-order chi connectivity index (χ0) is 16.7. The lowest BCUT2D eigenvalue weighted by Gasteiger charge is -2.09. The molecule has 1 N–H and O–H groups in total. The highest BCUT2D eigenvalue weighted by atomic mass is 16.5. The smallest absolute Gasteiger partial charge is 0.340 e. The molecule has 2 aromatic rings. The molecule has 0 bridgehead atoms. The van der Waals surface area contributed by atoms with Crippen molar-refractivity contribution in [3.05, 3.63) is 59.4 Å². The average Bonchev–Trinajstić information content (AvgIpc) is 2.58. The fraction of sp³-hybridized carbons (Fsp3) is 0.235. The van der Waals surface area contributed by atoms with E-state index in [0.717, 1.165) is 11.3 Å². The molecule has 6 nitrogen and oxygen atoms in total. The highest BCUT2D eigenvalue weighted by Gasteiger charge is 2.11. The molecule has 23 heavy (non-hydrogen) atoms. The van der Waals surface area contributed by atoms with E-state index in [9.17, 15) is 9.59 Å². The predicted molar refractivity (Wildman–Crippen MR) is 84.1 cm³/mol. The maximum atomic E-state index is 11.8. The summed E-state index contributed by atoms with van der Waals surface area (Å²) in [5.74, 6) is -0.273. The molecule has 1 heterocycles. The van der Waals surface area contributed by atoms with Crippen LogP contribution in [0.5, 0.6) is 5.75 Å². The van der Waals surface area contributed by atoms with Gasteiger partial charge in [-0.3, -0.25) is 9.78 Å². The minimum absolute atomic E-state index is 0.298. The van der Waals surface area contributed by atoms with Crippen molar-refractivity contribution < 1.29 is 19.1 Å². The predicted octanol–water partition coefficient (Wildman–Crippen LogP) is 1.87. The molecular weight excluding hydrogens is 296 g/mol. The quantitative estimate of drug-likeness (QED) is 0.824. The standard InChI is InChI=1S/C17H18N2O4/c1-12-7-8-14(10-18-12)17(21)23-11-16(20)19-9-13-5-3-4-6-15(13)22-2/h3-8,10H,9,11H2,1-2H3,(H,19,20). The summed E-state index contributed by atoms with van der Waals surface area (Å²) in [6.07, 6.45) is 1.42. The molecule has 0 radical (unpaired) electrons. The number of hydrogen-bond donors (Lipinski definition) is 1. The van der Waals surface area contributed by atoms with Crippen LogP contribution in [0.25, 0.3) is 0 Å². The van der Waals surface area contributed by atoms with Gasteiger partial charge in [-0.2, -0.15) is 0 Å². The van der Waals surface area contributed by atoms with Gasteiger partial charge in [-0.15, -0.1) is 0 Å². The average molecular weight is 314 g/mol. The van der Waals surface area contributed by atoms with Crippen LogP contribution in [0.4, 0.5) is 0 Å². The summed E-state index contributed by atoms with van der Waals surface area (Å²) in [5.41, 5.74) is 1.96. The second-order valence-corrected chi connectivity index (χ2v) is 4.85. The van der Waals surface area contributed by atoms with Crippen molar-refractivity contribution in [3.8, 4) is 5.75 Å². The molecule has 0 saturated carbocycles. The molecule has 6 heteroatoms. The van der Waals surface area contributed by atoms with Gasteiger partial charge in [0.2, 0.25) is 0 Å². The van der Waals surface area contributed by atoms with Gasteiger partial charge in [0.15, 0.2) is 6.61 Å². The Morgan fingerprint density at radius 1 is 1.17 bits per heavy atom. The van der Waals surface area contributed by atoms with E-state index in [1.165, 1.54) is 6.20 Å². The molecular formula is C17H18N2O4. The highest BCUT2D eigenvalue weighted by Crippen LogP contribution is 2.16. The number of methoxy groups -OCH3 is 1. The normalized spacial score (nSPS) is 10.0. The monoisotopic (exact) mass is 314 g/mol. The van der Waals surface area contributed by atoms with Crippen LogP contribution < -0.4 is 10.1 Å². The minimum Gasteiger partial charge on any atom is -0.496 e. The van der Waals surface area contributed by atoms with Crippen molar-refractivity contribution in [2.45, 2.75) is 13.5 Å². The number of nitrogens with one attached hydrogen (secondary N) is 1. The Balaban J connectivity index is 1.81. The van der Waals surface area contributed by atoms with Gasteiger partial charge < -0.3 is 14.8 Å². The first-order valence-electron chi connectivity index (χ1n) is 7.08. The molecule has 0 aliphatic rings. The van der Waals surface area contributed by atoms with Crippen molar-refractivity contribution in [1.82, 2.24) is 10.3 Å². The Labute approximate surface area is 134 Å². The second kappa shape index (κ2) is 7.93. The van der Waals surface area contributed by atoms with Crippen LogP contribution in [0.1, 0.15) is 21.6 Å². The number of amides is 1. The Kier molecular flexibility index (Phi) is 5.68. The first kappa shape index (κ1) is 16.5. The van der Waals surface area contributed by atoms with Gasteiger partial charge in [0.05, 0.1) is 12.7 Å². The van der Waals surface area contributed by atoms with Crippen molar-refractivity contribution in [2.75, 3.05) is 13.7 Å². The minimum atomic E-state index is -0.579. The highest BCUT2D eigenvalue weighted by molar-refractivity contribution is 5.91. The van der Waals surface area contributed by atoms with E-state index in [4.69, 9.17) is 9.47 Å². The summed E-state index contributed by atoms with van der Waals surface area (Å²) in [6.45, 7) is 1.77. The first-order valence-corrected chi connectivity index (χ1v) is 7.08. The Morgan fingerprint density at radius 3 is 2.65 bits per heavy atom. The van der Waals surface area contributed by atoms with Crippen LogP contribution in [-0.2, 0) is 16.1 Å². The van der Waals surface area contributed by atoms with Crippen LogP contribution in [0.2, 0.25) is 0 Å². The molecule has 0 saturated heterocycles. The number of nitrogens with zero attached hydrogens (tertiary/aromatic N) is 1. The molecule has 2 rings (SSSR count). The number of carbonyl (C=O) groups excluding carboxylic acids is 2. The topological polar surface area (TPSA) is 77.5 Å². The van der Waals surface area contributed by atoms with E-state index in [1.807, 2.05) is 31.2 Å². The van der Waals surface area contributed by atoms with Crippen LogP contribution >= 0.6 is 0 Å². The van der Waals surface area contributed by atoms with Gasteiger partial charge >= 0.3 is 5.97 Å². The third-order valence-corrected chi connectivity index (χ3v) is 3.15. The Bertz CT molecular complexity index is 683. The lowest BCUT2D eigenvalue weighted by atomic mass is 10.2. The maximum Gasteiger partial charge on any atom is 0.340 e. The number of esters is 1. The number of aryl methyl sites for hydroxylation is 1. The summed E-state index contributed by atoms with van der Waals surface area (Å²) in [4.78, 5) is 27.5. The van der Waals surface area contributed by atoms with Gasteiger partial charge in [-0.05, 0) is 25.1 Å². The first-order chi connectivity index (χ1) is 11.1. The Morgan fingerprint density at radius 2 is 1.96 bits per heavy atom. The fourth-order valence-corrected chi connectivity index (χ4v) is 1.90. The number of aromatic nitrogens is 1. The SMILES string of the molecule is COc1ccccc1CNC(=O)COC(=O)c1ccc(C)nc1. The van der Waals surface area contributed by atoms with E-state index < -0.39 is 5.97 Å². The zero-order valence-electron chi connectivity index (χ0n) is 13.0. The van der Waals surface area contributed by atoms with E-state index in [2.05, 4.69) is 10.3 Å². The van der Waals surface area contributed by atoms with Gasteiger partial charge in [-0.25, -0.2) is 4.79 Å². The zero-order valence-corrected chi connectivity index (χ0v) is 13.0. The van der Waals surface area contributed by atoms with Crippen molar-refractivity contribution in [2.24, 2.45) is 0 Å². The number of benzene rings is 1. The number of para-hydroxylation sites is 1. The molecule has 0 aliphatic heterocycles. The van der Waals surface area contributed by atoms with Gasteiger partial charge in [0.1, 0.15) is 5.75 Å². The summed E-state index contributed by atoms with van der Waals surface area (Å²) >= 11 is 0. The van der Waals surface area contributed by atoms with Crippen molar-refractivity contribution in [1.29, 1.82) is 0 Å². The lowest BCUT2D eigenvalue weighted by Crippen LogP contribution is -2.28. The molecule has 1 aromatic heterocycles. The van der Waals surface area contributed by atoms with Crippen LogP contribution in [0.15, 0.2) is 42.6 Å². The van der Waals surface area contributed by atoms with Gasteiger partial charge in [-0.1, -0.05) is 18.2 Å². The van der Waals surface area contributed by atoms with Gasteiger partial charge in [0.25, 0.3) is 5.91 Å². The van der Waals surface area contributed by atoms with E-state index >= 15 is 0 Å². The fourth-order valence-electron chi connectivity index (χ4n) is 1.90. The van der Waals surface area contributed by atoms with Crippen LogP contribution in [-0.4, -0.2) is 30.6 Å².